The van der Waals surface area contributed by atoms with Gasteiger partial charge in [-0.15, -0.1) is 0 Å². The van der Waals surface area contributed by atoms with E-state index in [9.17, 15) is 16.8 Å². The van der Waals surface area contributed by atoms with Gasteiger partial charge >= 0.3 is 0 Å². The molecule has 2 aliphatic heterocycles. The molecule has 5 nitrogen and oxygen atoms in total. The minimum Gasteiger partial charge on any atom is -0.223 e. The van der Waals surface area contributed by atoms with Crippen LogP contribution in [0, 0.1) is 0 Å². The first kappa shape index (κ1) is 21.4. The molecule has 2 heterocycles. The fourth-order valence-electron chi connectivity index (χ4n) is 5.12. The molecule has 2 saturated heterocycles. The van der Waals surface area contributed by atoms with Gasteiger partial charge in [-0.1, -0.05) is 60.7 Å². The lowest BCUT2D eigenvalue weighted by atomic mass is 10.1. The Morgan fingerprint density at radius 3 is 1.78 bits per heavy atom. The van der Waals surface area contributed by atoms with Crippen LogP contribution in [-0.2, 0) is 19.9 Å². The van der Waals surface area contributed by atoms with Gasteiger partial charge in [-0.3, -0.25) is 0 Å². The van der Waals surface area contributed by atoms with Crippen molar-refractivity contribution in [1.29, 1.82) is 0 Å². The maximum atomic E-state index is 13.6. The highest BCUT2D eigenvalue weighted by Crippen LogP contribution is 2.43. The minimum absolute atomic E-state index is 0.264. The number of benzene rings is 3. The zero-order chi connectivity index (χ0) is 22.3. The molecule has 0 N–H and O–H groups in total. The van der Waals surface area contributed by atoms with Crippen molar-refractivity contribution in [2.24, 2.45) is 0 Å². The number of fused-ring (bicyclic) bond motifs is 2. The summed E-state index contributed by atoms with van der Waals surface area (Å²) in [5.74, 6) is 0. The lowest BCUT2D eigenvalue weighted by Gasteiger charge is -2.37. The third kappa shape index (κ3) is 3.68. The van der Waals surface area contributed by atoms with E-state index in [1.54, 1.807) is 52.8 Å². The number of piperidine rings is 1. The van der Waals surface area contributed by atoms with E-state index in [0.29, 0.717) is 30.6 Å². The highest BCUT2D eigenvalue weighted by Gasteiger charge is 2.50. The Kier molecular flexibility index (Phi) is 5.43. The zero-order valence-electron chi connectivity index (χ0n) is 17.5. The minimum atomic E-state index is -3.72. The number of nitrogens with zero attached hydrogens (tertiary/aromatic N) is 1. The third-order valence-electron chi connectivity index (χ3n) is 6.65. The summed E-state index contributed by atoms with van der Waals surface area (Å²) in [5.41, 5.74) is 1.81. The molecule has 3 aromatic rings. The standard InChI is InChI=1S/C25H25NO4S2/c27-31(28,23-11-5-2-6-12-23)25-17-21-14-15-22(18-25)26(21)32(29,30)24-13-7-10-20(16-24)19-8-3-1-4-9-19/h1-13,16,21-22,25H,14-15,17-18H2. The van der Waals surface area contributed by atoms with Crippen LogP contribution in [0.15, 0.2) is 94.7 Å². The molecule has 0 amide bonds. The van der Waals surface area contributed by atoms with E-state index in [0.717, 1.165) is 11.1 Å². The molecular weight excluding hydrogens is 442 g/mol. The van der Waals surface area contributed by atoms with E-state index in [4.69, 9.17) is 0 Å². The van der Waals surface area contributed by atoms with Gasteiger partial charge in [-0.25, -0.2) is 16.8 Å². The van der Waals surface area contributed by atoms with E-state index >= 15 is 0 Å². The molecule has 3 aromatic carbocycles. The van der Waals surface area contributed by atoms with Crippen molar-refractivity contribution in [1.82, 2.24) is 4.31 Å². The first-order valence-corrected chi connectivity index (χ1v) is 13.8. The summed E-state index contributed by atoms with van der Waals surface area (Å²) in [6.07, 6.45) is 2.07. The highest BCUT2D eigenvalue weighted by molar-refractivity contribution is 7.92. The van der Waals surface area contributed by atoms with Crippen molar-refractivity contribution < 1.29 is 16.8 Å². The van der Waals surface area contributed by atoms with Crippen LogP contribution < -0.4 is 0 Å². The molecule has 2 atom stereocenters. The normalized spacial score (nSPS) is 23.8. The third-order valence-corrected chi connectivity index (χ3v) is 10.8. The highest BCUT2D eigenvalue weighted by atomic mass is 32.2. The SMILES string of the molecule is O=S(=O)(c1ccccc1)C1CC2CCC(C1)N2S(=O)(=O)c1cccc(-c2ccccc2)c1. The zero-order valence-corrected chi connectivity index (χ0v) is 19.2. The number of rotatable bonds is 5. The Hall–Kier alpha value is -2.48. The van der Waals surface area contributed by atoms with Gasteiger partial charge < -0.3 is 0 Å². The Morgan fingerprint density at radius 2 is 1.16 bits per heavy atom. The first-order chi connectivity index (χ1) is 15.4. The van der Waals surface area contributed by atoms with Crippen LogP contribution in [0.4, 0.5) is 0 Å². The largest absolute Gasteiger partial charge is 0.243 e. The van der Waals surface area contributed by atoms with Crippen LogP contribution in [0.3, 0.4) is 0 Å². The molecule has 2 unspecified atom stereocenters. The second kappa shape index (κ2) is 8.14. The summed E-state index contributed by atoms with van der Waals surface area (Å²) in [6.45, 7) is 0. The molecule has 166 valence electrons. The Bertz CT molecular complexity index is 1310. The van der Waals surface area contributed by atoms with E-state index in [2.05, 4.69) is 0 Å². The molecule has 2 bridgehead atoms. The lowest BCUT2D eigenvalue weighted by Crippen LogP contribution is -2.49. The quantitative estimate of drug-likeness (QED) is 0.553. The van der Waals surface area contributed by atoms with Gasteiger partial charge in [0.2, 0.25) is 10.0 Å². The van der Waals surface area contributed by atoms with E-state index in [1.165, 1.54) is 0 Å². The van der Waals surface area contributed by atoms with Gasteiger partial charge in [0.1, 0.15) is 0 Å². The van der Waals surface area contributed by atoms with Crippen molar-refractivity contribution in [3.63, 3.8) is 0 Å². The van der Waals surface area contributed by atoms with Gasteiger partial charge in [0.25, 0.3) is 0 Å². The van der Waals surface area contributed by atoms with Crippen LogP contribution in [-0.4, -0.2) is 38.5 Å². The predicted octanol–water partition coefficient (Wildman–Crippen LogP) is 4.51. The Morgan fingerprint density at radius 1 is 0.625 bits per heavy atom. The maximum Gasteiger partial charge on any atom is 0.243 e. The van der Waals surface area contributed by atoms with Gasteiger partial charge in [-0.05, 0) is 61.1 Å². The monoisotopic (exact) mass is 467 g/mol. The average Bonchev–Trinajstić information content (AvgIpc) is 3.11. The molecule has 2 aliphatic rings. The Balaban J connectivity index is 1.44. The van der Waals surface area contributed by atoms with E-state index in [1.807, 2.05) is 36.4 Å². The Labute approximate surface area is 189 Å². The summed E-state index contributed by atoms with van der Waals surface area (Å²) >= 11 is 0. The summed E-state index contributed by atoms with van der Waals surface area (Å²) in [6, 6.07) is 24.6. The fourth-order valence-corrected chi connectivity index (χ4v) is 8.93. The summed E-state index contributed by atoms with van der Waals surface area (Å²) in [7, 11) is -7.21. The average molecular weight is 468 g/mol. The second-order valence-electron chi connectivity index (χ2n) is 8.57. The molecule has 5 rings (SSSR count). The van der Waals surface area contributed by atoms with Gasteiger partial charge in [0.05, 0.1) is 15.0 Å². The number of hydrogen-bond donors (Lipinski definition) is 0. The van der Waals surface area contributed by atoms with Crippen molar-refractivity contribution in [3.8, 4) is 11.1 Å². The summed E-state index contributed by atoms with van der Waals surface area (Å²) in [4.78, 5) is 0.580. The van der Waals surface area contributed by atoms with Crippen molar-refractivity contribution >= 4 is 19.9 Å². The van der Waals surface area contributed by atoms with Gasteiger partial charge in [-0.2, -0.15) is 4.31 Å². The van der Waals surface area contributed by atoms with Gasteiger partial charge in [0, 0.05) is 12.1 Å². The lowest BCUT2D eigenvalue weighted by molar-refractivity contribution is 0.249. The molecule has 32 heavy (non-hydrogen) atoms. The maximum absolute atomic E-state index is 13.6. The number of sulfonamides is 1. The summed E-state index contributed by atoms with van der Waals surface area (Å²) in [5, 5.41) is -0.551. The van der Waals surface area contributed by atoms with Crippen molar-refractivity contribution in [2.45, 2.75) is 52.8 Å². The first-order valence-electron chi connectivity index (χ1n) is 10.9. The van der Waals surface area contributed by atoms with Gasteiger partial charge in [0.15, 0.2) is 9.84 Å². The van der Waals surface area contributed by atoms with Crippen molar-refractivity contribution in [3.05, 3.63) is 84.9 Å². The molecule has 0 aliphatic carbocycles. The van der Waals surface area contributed by atoms with E-state index < -0.39 is 25.1 Å². The molecular formula is C25H25NO4S2. The molecule has 0 aromatic heterocycles. The molecule has 0 spiro atoms. The molecule has 2 fully saturated rings. The van der Waals surface area contributed by atoms with E-state index in [-0.39, 0.29) is 17.0 Å². The van der Waals surface area contributed by atoms with Crippen LogP contribution in [0.5, 0.6) is 0 Å². The van der Waals surface area contributed by atoms with Crippen LogP contribution in [0.1, 0.15) is 25.7 Å². The van der Waals surface area contributed by atoms with Crippen molar-refractivity contribution in [2.75, 3.05) is 0 Å². The smallest absolute Gasteiger partial charge is 0.223 e. The predicted molar refractivity (Wildman–Crippen MR) is 124 cm³/mol. The molecule has 0 radical (unpaired) electrons. The number of hydrogen-bond acceptors (Lipinski definition) is 4. The topological polar surface area (TPSA) is 71.5 Å². The molecule has 7 heteroatoms. The summed E-state index contributed by atoms with van der Waals surface area (Å²) < 4.78 is 55.2. The van der Waals surface area contributed by atoms with Crippen LogP contribution in [0.2, 0.25) is 0 Å². The molecule has 0 saturated carbocycles. The second-order valence-corrected chi connectivity index (χ2v) is 12.6. The number of sulfone groups is 1. The van der Waals surface area contributed by atoms with Crippen LogP contribution in [0.25, 0.3) is 11.1 Å². The van der Waals surface area contributed by atoms with Crippen LogP contribution >= 0.6 is 0 Å². The fraction of sp³-hybridized carbons (Fsp3) is 0.280.